The van der Waals surface area contributed by atoms with Crippen LogP contribution in [0.4, 0.5) is 0 Å². The van der Waals surface area contributed by atoms with E-state index in [1.807, 2.05) is 6.92 Å². The molecule has 0 radical (unpaired) electrons. The van der Waals surface area contributed by atoms with Crippen molar-refractivity contribution in [1.29, 1.82) is 0 Å². The number of carbonyl (C=O) groups is 1. The van der Waals surface area contributed by atoms with Gasteiger partial charge in [-0.1, -0.05) is 0 Å². The Morgan fingerprint density at radius 2 is 2.06 bits per heavy atom. The quantitative estimate of drug-likeness (QED) is 0.691. The van der Waals surface area contributed by atoms with Crippen LogP contribution in [0.25, 0.3) is 0 Å². The Kier molecular flexibility index (Phi) is 5.36. The molecule has 0 bridgehead atoms. The summed E-state index contributed by atoms with van der Waals surface area (Å²) in [4.78, 5) is 16.4. The molecule has 1 heterocycles. The Hall–Kier alpha value is -0.650. The van der Waals surface area contributed by atoms with Gasteiger partial charge in [0.25, 0.3) is 0 Å². The SMILES string of the molecule is CNC(C)(CN1CCCN(C)CC1)C(=O)OC. The predicted molar refractivity (Wildman–Crippen MR) is 68.0 cm³/mol. The Morgan fingerprint density at radius 3 is 2.65 bits per heavy atom. The highest BCUT2D eigenvalue weighted by atomic mass is 16.5. The maximum absolute atomic E-state index is 11.8. The first kappa shape index (κ1) is 14.4. The molecule has 0 aliphatic carbocycles. The molecule has 1 aliphatic heterocycles. The lowest BCUT2D eigenvalue weighted by atomic mass is 10.0. The topological polar surface area (TPSA) is 44.8 Å². The molecule has 100 valence electrons. The molecule has 1 fully saturated rings. The van der Waals surface area contributed by atoms with Gasteiger partial charge in [0, 0.05) is 19.6 Å². The summed E-state index contributed by atoms with van der Waals surface area (Å²) >= 11 is 0. The van der Waals surface area contributed by atoms with Crippen molar-refractivity contribution in [3.8, 4) is 0 Å². The number of ether oxygens (including phenoxy) is 1. The van der Waals surface area contributed by atoms with Gasteiger partial charge in [0.15, 0.2) is 0 Å². The lowest BCUT2D eigenvalue weighted by molar-refractivity contribution is -0.148. The zero-order valence-corrected chi connectivity index (χ0v) is 11.5. The van der Waals surface area contributed by atoms with E-state index in [9.17, 15) is 4.79 Å². The minimum absolute atomic E-state index is 0.197. The molecule has 0 aromatic carbocycles. The molecule has 5 nitrogen and oxygen atoms in total. The first-order valence-corrected chi connectivity index (χ1v) is 6.20. The molecular formula is C12H25N3O2. The maximum atomic E-state index is 11.8. The molecule has 17 heavy (non-hydrogen) atoms. The van der Waals surface area contributed by atoms with E-state index in [4.69, 9.17) is 4.74 Å². The summed E-state index contributed by atoms with van der Waals surface area (Å²) in [6, 6.07) is 0. The summed E-state index contributed by atoms with van der Waals surface area (Å²) in [5, 5.41) is 3.08. The van der Waals surface area contributed by atoms with Crippen molar-refractivity contribution in [3.05, 3.63) is 0 Å². The number of carbonyl (C=O) groups excluding carboxylic acids is 1. The second-order valence-corrected chi connectivity index (χ2v) is 5.01. The fraction of sp³-hybridized carbons (Fsp3) is 0.917. The van der Waals surface area contributed by atoms with Crippen LogP contribution in [0, 0.1) is 0 Å². The lowest BCUT2D eigenvalue weighted by Gasteiger charge is -2.32. The highest BCUT2D eigenvalue weighted by Crippen LogP contribution is 2.11. The number of hydrogen-bond acceptors (Lipinski definition) is 5. The fourth-order valence-corrected chi connectivity index (χ4v) is 2.18. The molecule has 5 heteroatoms. The normalized spacial score (nSPS) is 22.8. The number of nitrogens with one attached hydrogen (secondary N) is 1. The van der Waals surface area contributed by atoms with E-state index < -0.39 is 5.54 Å². The van der Waals surface area contributed by atoms with E-state index in [2.05, 4.69) is 22.2 Å². The highest BCUT2D eigenvalue weighted by Gasteiger charge is 2.34. The molecule has 1 aliphatic rings. The van der Waals surface area contributed by atoms with Gasteiger partial charge in [-0.25, -0.2) is 0 Å². The van der Waals surface area contributed by atoms with Crippen LogP contribution in [0.2, 0.25) is 0 Å². The van der Waals surface area contributed by atoms with Gasteiger partial charge < -0.3 is 15.0 Å². The first-order valence-electron chi connectivity index (χ1n) is 6.20. The predicted octanol–water partition coefficient (Wildman–Crippen LogP) is -0.225. The van der Waals surface area contributed by atoms with Gasteiger partial charge >= 0.3 is 5.97 Å². The first-order chi connectivity index (χ1) is 8.01. The third-order valence-corrected chi connectivity index (χ3v) is 3.54. The number of likely N-dealkylation sites (N-methyl/N-ethyl adjacent to an activating group) is 2. The van der Waals surface area contributed by atoms with Crippen molar-refractivity contribution in [2.24, 2.45) is 0 Å². The zero-order valence-electron chi connectivity index (χ0n) is 11.5. The Morgan fingerprint density at radius 1 is 1.35 bits per heavy atom. The molecule has 0 amide bonds. The van der Waals surface area contributed by atoms with Crippen molar-refractivity contribution in [2.75, 3.05) is 53.9 Å². The van der Waals surface area contributed by atoms with Gasteiger partial charge in [-0.3, -0.25) is 9.69 Å². The van der Waals surface area contributed by atoms with E-state index >= 15 is 0 Å². The Labute approximate surface area is 104 Å². The Balaban J connectivity index is 2.58. The van der Waals surface area contributed by atoms with Gasteiger partial charge in [-0.15, -0.1) is 0 Å². The molecular weight excluding hydrogens is 218 g/mol. The van der Waals surface area contributed by atoms with Crippen LogP contribution >= 0.6 is 0 Å². The van der Waals surface area contributed by atoms with E-state index in [1.165, 1.54) is 7.11 Å². The lowest BCUT2D eigenvalue weighted by Crippen LogP contribution is -2.56. The molecule has 1 N–H and O–H groups in total. The van der Waals surface area contributed by atoms with Crippen LogP contribution < -0.4 is 5.32 Å². The van der Waals surface area contributed by atoms with Crippen molar-refractivity contribution in [2.45, 2.75) is 18.9 Å². The van der Waals surface area contributed by atoms with Crippen molar-refractivity contribution >= 4 is 5.97 Å². The number of esters is 1. The average Bonchev–Trinajstić information content (AvgIpc) is 2.53. The van der Waals surface area contributed by atoms with Crippen LogP contribution in [0.5, 0.6) is 0 Å². The molecule has 0 saturated carbocycles. The van der Waals surface area contributed by atoms with E-state index in [1.54, 1.807) is 7.05 Å². The average molecular weight is 243 g/mol. The summed E-state index contributed by atoms with van der Waals surface area (Å²) in [5.74, 6) is -0.197. The number of methoxy groups -OCH3 is 1. The Bertz CT molecular complexity index is 260. The summed E-state index contributed by atoms with van der Waals surface area (Å²) in [5.41, 5.74) is -0.613. The van der Waals surface area contributed by atoms with Crippen molar-refractivity contribution < 1.29 is 9.53 Å². The van der Waals surface area contributed by atoms with Crippen LogP contribution in [0.1, 0.15) is 13.3 Å². The smallest absolute Gasteiger partial charge is 0.327 e. The molecule has 1 rings (SSSR count). The van der Waals surface area contributed by atoms with Crippen LogP contribution in [0.15, 0.2) is 0 Å². The minimum Gasteiger partial charge on any atom is -0.468 e. The third-order valence-electron chi connectivity index (χ3n) is 3.54. The highest BCUT2D eigenvalue weighted by molar-refractivity contribution is 5.80. The molecule has 0 aromatic heterocycles. The molecule has 1 atom stereocenters. The van der Waals surface area contributed by atoms with Crippen molar-refractivity contribution in [1.82, 2.24) is 15.1 Å². The van der Waals surface area contributed by atoms with E-state index in [-0.39, 0.29) is 5.97 Å². The molecule has 0 spiro atoms. The summed E-state index contributed by atoms with van der Waals surface area (Å²) in [6.07, 6.45) is 1.15. The summed E-state index contributed by atoms with van der Waals surface area (Å²) < 4.78 is 4.86. The number of nitrogens with zero attached hydrogens (tertiary/aromatic N) is 2. The van der Waals surface area contributed by atoms with E-state index in [0.29, 0.717) is 6.54 Å². The number of hydrogen-bond donors (Lipinski definition) is 1. The molecule has 0 aromatic rings. The largest absolute Gasteiger partial charge is 0.468 e. The standard InChI is InChI=1S/C12H25N3O2/c1-12(13-2,11(16)17-4)10-15-7-5-6-14(3)8-9-15/h13H,5-10H2,1-4H3. The van der Waals surface area contributed by atoms with Gasteiger partial charge in [0.2, 0.25) is 0 Å². The summed E-state index contributed by atoms with van der Waals surface area (Å²) in [7, 11) is 5.38. The summed E-state index contributed by atoms with van der Waals surface area (Å²) in [6.45, 7) is 6.83. The number of rotatable bonds is 4. The van der Waals surface area contributed by atoms with Crippen LogP contribution in [0.3, 0.4) is 0 Å². The van der Waals surface area contributed by atoms with Gasteiger partial charge in [-0.05, 0) is 40.5 Å². The minimum atomic E-state index is -0.613. The maximum Gasteiger partial charge on any atom is 0.327 e. The van der Waals surface area contributed by atoms with E-state index in [0.717, 1.165) is 32.6 Å². The van der Waals surface area contributed by atoms with Crippen LogP contribution in [-0.4, -0.2) is 75.2 Å². The van der Waals surface area contributed by atoms with Gasteiger partial charge in [0.1, 0.15) is 5.54 Å². The van der Waals surface area contributed by atoms with Crippen molar-refractivity contribution in [3.63, 3.8) is 0 Å². The zero-order chi connectivity index (χ0) is 12.9. The van der Waals surface area contributed by atoms with Crippen LogP contribution in [-0.2, 0) is 9.53 Å². The monoisotopic (exact) mass is 243 g/mol. The molecule has 1 saturated heterocycles. The fourth-order valence-electron chi connectivity index (χ4n) is 2.18. The third kappa shape index (κ3) is 3.94. The van der Waals surface area contributed by atoms with Gasteiger partial charge in [0.05, 0.1) is 7.11 Å². The second kappa shape index (κ2) is 6.33. The molecule has 1 unspecified atom stereocenters. The van der Waals surface area contributed by atoms with Gasteiger partial charge in [-0.2, -0.15) is 0 Å². The second-order valence-electron chi connectivity index (χ2n) is 5.01.